The van der Waals surface area contributed by atoms with E-state index in [0.717, 1.165) is 18.2 Å². The van der Waals surface area contributed by atoms with Gasteiger partial charge in [-0.1, -0.05) is 50.6 Å². The van der Waals surface area contributed by atoms with Gasteiger partial charge in [-0.3, -0.25) is 0 Å². The Balaban J connectivity index is 1.83. The van der Waals surface area contributed by atoms with Crippen molar-refractivity contribution in [2.45, 2.75) is 52.0 Å². The molecular formula is C20H30NO+. The fourth-order valence-electron chi connectivity index (χ4n) is 2.93. The van der Waals surface area contributed by atoms with Gasteiger partial charge in [-0.2, -0.15) is 0 Å². The first kappa shape index (κ1) is 16.8. The lowest BCUT2D eigenvalue weighted by Crippen LogP contribution is -2.84. The van der Waals surface area contributed by atoms with Crippen LogP contribution in [-0.4, -0.2) is 6.54 Å². The Kier molecular flexibility index (Phi) is 6.73. The summed E-state index contributed by atoms with van der Waals surface area (Å²) in [6.45, 7) is 8.01. The van der Waals surface area contributed by atoms with Gasteiger partial charge in [0.15, 0.2) is 0 Å². The van der Waals surface area contributed by atoms with Gasteiger partial charge in [0.25, 0.3) is 0 Å². The summed E-state index contributed by atoms with van der Waals surface area (Å²) >= 11 is 0. The van der Waals surface area contributed by atoms with E-state index >= 15 is 0 Å². The number of furan rings is 1. The summed E-state index contributed by atoms with van der Waals surface area (Å²) in [4.78, 5) is 0. The van der Waals surface area contributed by atoms with E-state index in [9.17, 15) is 0 Å². The van der Waals surface area contributed by atoms with Gasteiger partial charge >= 0.3 is 0 Å². The van der Waals surface area contributed by atoms with Crippen molar-refractivity contribution in [3.05, 3.63) is 60.1 Å². The highest BCUT2D eigenvalue weighted by Crippen LogP contribution is 2.26. The van der Waals surface area contributed by atoms with Crippen molar-refractivity contribution in [1.29, 1.82) is 0 Å². The first-order valence-corrected chi connectivity index (χ1v) is 8.58. The zero-order valence-electron chi connectivity index (χ0n) is 14.2. The summed E-state index contributed by atoms with van der Waals surface area (Å²) < 4.78 is 5.66. The van der Waals surface area contributed by atoms with Gasteiger partial charge in [-0.15, -0.1) is 0 Å². The van der Waals surface area contributed by atoms with E-state index in [2.05, 4.69) is 62.5 Å². The second-order valence-electron chi connectivity index (χ2n) is 6.70. The number of hydrogen-bond acceptors (Lipinski definition) is 1. The number of rotatable bonds is 9. The highest BCUT2D eigenvalue weighted by atomic mass is 16.3. The lowest BCUT2D eigenvalue weighted by Gasteiger charge is -2.17. The van der Waals surface area contributed by atoms with E-state index in [-0.39, 0.29) is 0 Å². The van der Waals surface area contributed by atoms with Crippen LogP contribution in [0, 0.1) is 5.92 Å². The van der Waals surface area contributed by atoms with Crippen LogP contribution >= 0.6 is 0 Å². The molecule has 1 aromatic carbocycles. The minimum absolute atomic E-state index is 0.517. The van der Waals surface area contributed by atoms with Crippen molar-refractivity contribution >= 4 is 0 Å². The lowest BCUT2D eigenvalue weighted by molar-refractivity contribution is -0.693. The van der Waals surface area contributed by atoms with E-state index in [0.29, 0.717) is 12.0 Å². The van der Waals surface area contributed by atoms with Crippen LogP contribution in [-0.2, 0) is 0 Å². The van der Waals surface area contributed by atoms with Crippen molar-refractivity contribution in [2.75, 3.05) is 6.54 Å². The van der Waals surface area contributed by atoms with E-state index < -0.39 is 0 Å². The summed E-state index contributed by atoms with van der Waals surface area (Å²) in [6.07, 6.45) is 5.46. The second kappa shape index (κ2) is 8.79. The average molecular weight is 300 g/mol. The highest BCUT2D eigenvalue weighted by molar-refractivity contribution is 5.16. The topological polar surface area (TPSA) is 29.8 Å². The predicted octanol–water partition coefficient (Wildman–Crippen LogP) is 4.51. The molecule has 0 aliphatic carbocycles. The fraction of sp³-hybridized carbons (Fsp3) is 0.500. The van der Waals surface area contributed by atoms with Crippen LogP contribution in [0.2, 0.25) is 0 Å². The van der Waals surface area contributed by atoms with E-state index in [4.69, 9.17) is 4.42 Å². The molecule has 0 radical (unpaired) electrons. The van der Waals surface area contributed by atoms with Crippen molar-refractivity contribution in [3.63, 3.8) is 0 Å². The fourth-order valence-corrected chi connectivity index (χ4v) is 2.93. The maximum absolute atomic E-state index is 5.66. The number of nitrogens with two attached hydrogens (primary N) is 1. The van der Waals surface area contributed by atoms with Gasteiger partial charge in [-0.05, 0) is 31.4 Å². The maximum Gasteiger partial charge on any atom is 0.109 e. The van der Waals surface area contributed by atoms with Crippen LogP contribution < -0.4 is 5.32 Å². The zero-order valence-corrected chi connectivity index (χ0v) is 14.2. The summed E-state index contributed by atoms with van der Waals surface area (Å²) in [5, 5.41) is 2.45. The molecule has 0 saturated carbocycles. The van der Waals surface area contributed by atoms with Crippen LogP contribution in [0.5, 0.6) is 0 Å². The Morgan fingerprint density at radius 3 is 2.32 bits per heavy atom. The van der Waals surface area contributed by atoms with Gasteiger partial charge in [0.2, 0.25) is 0 Å². The molecular weight excluding hydrogens is 270 g/mol. The smallest absolute Gasteiger partial charge is 0.109 e. The molecule has 120 valence electrons. The molecule has 0 unspecified atom stereocenters. The van der Waals surface area contributed by atoms with Crippen molar-refractivity contribution < 1.29 is 9.73 Å². The van der Waals surface area contributed by atoms with Gasteiger partial charge in [0.05, 0.1) is 12.8 Å². The van der Waals surface area contributed by atoms with Crippen LogP contribution in [0.15, 0.2) is 53.1 Å². The molecule has 0 aliphatic rings. The Labute approximate surface area is 134 Å². The quantitative estimate of drug-likeness (QED) is 0.725. The lowest BCUT2D eigenvalue weighted by atomic mass is 9.93. The molecule has 2 nitrogen and oxygen atoms in total. The third kappa shape index (κ3) is 5.34. The van der Waals surface area contributed by atoms with Gasteiger partial charge in [0, 0.05) is 17.9 Å². The third-order valence-corrected chi connectivity index (χ3v) is 4.40. The standard InChI is InChI=1S/C20H29NO/c1-16(2)11-12-19(20-10-7-15-22-20)13-14-21-17(3)18-8-5-4-6-9-18/h4-10,15-17,19,21H,11-14H2,1-3H3/p+1/t17-,19+/m0/s1. The molecule has 1 heterocycles. The molecule has 0 saturated heterocycles. The first-order valence-electron chi connectivity index (χ1n) is 8.58. The first-order chi connectivity index (χ1) is 10.7. The average Bonchev–Trinajstić information content (AvgIpc) is 3.05. The Bertz CT molecular complexity index is 504. The van der Waals surface area contributed by atoms with Crippen LogP contribution in [0.4, 0.5) is 0 Å². The second-order valence-corrected chi connectivity index (χ2v) is 6.70. The maximum atomic E-state index is 5.66. The molecule has 0 aliphatic heterocycles. The van der Waals surface area contributed by atoms with E-state index in [1.807, 2.05) is 6.07 Å². The van der Waals surface area contributed by atoms with Crippen LogP contribution in [0.25, 0.3) is 0 Å². The summed E-state index contributed by atoms with van der Waals surface area (Å²) in [5.74, 6) is 2.46. The molecule has 2 rings (SSSR count). The Hall–Kier alpha value is -1.54. The molecule has 2 N–H and O–H groups in total. The highest BCUT2D eigenvalue weighted by Gasteiger charge is 2.17. The SMILES string of the molecule is CC(C)CC[C@H](CC[NH2+][C@@H](C)c1ccccc1)c1ccco1. The third-order valence-electron chi connectivity index (χ3n) is 4.40. The summed E-state index contributed by atoms with van der Waals surface area (Å²) in [5.41, 5.74) is 1.40. The molecule has 2 atom stereocenters. The van der Waals surface area contributed by atoms with Gasteiger partial charge < -0.3 is 9.73 Å². The monoisotopic (exact) mass is 300 g/mol. The largest absolute Gasteiger partial charge is 0.469 e. The summed E-state index contributed by atoms with van der Waals surface area (Å²) in [6, 6.07) is 15.4. The Morgan fingerprint density at radius 1 is 0.909 bits per heavy atom. The molecule has 1 aromatic heterocycles. The normalized spacial score (nSPS) is 14.2. The number of hydrogen-bond donors (Lipinski definition) is 1. The van der Waals surface area contributed by atoms with Crippen molar-refractivity contribution in [1.82, 2.24) is 0 Å². The summed E-state index contributed by atoms with van der Waals surface area (Å²) in [7, 11) is 0. The van der Waals surface area contributed by atoms with Crippen molar-refractivity contribution in [3.8, 4) is 0 Å². The molecule has 2 aromatic rings. The van der Waals surface area contributed by atoms with Crippen LogP contribution in [0.1, 0.15) is 63.3 Å². The predicted molar refractivity (Wildman–Crippen MR) is 91.8 cm³/mol. The Morgan fingerprint density at radius 2 is 1.68 bits per heavy atom. The molecule has 0 fully saturated rings. The number of quaternary nitrogens is 1. The van der Waals surface area contributed by atoms with E-state index in [1.165, 1.54) is 24.8 Å². The van der Waals surface area contributed by atoms with Crippen molar-refractivity contribution in [2.24, 2.45) is 5.92 Å². The minimum atomic E-state index is 0.517. The molecule has 0 bridgehead atoms. The van der Waals surface area contributed by atoms with Crippen LogP contribution in [0.3, 0.4) is 0 Å². The zero-order chi connectivity index (χ0) is 15.8. The molecule has 0 spiro atoms. The van der Waals surface area contributed by atoms with E-state index in [1.54, 1.807) is 6.26 Å². The van der Waals surface area contributed by atoms with Gasteiger partial charge in [0.1, 0.15) is 11.8 Å². The number of benzene rings is 1. The minimum Gasteiger partial charge on any atom is -0.469 e. The molecule has 2 heteroatoms. The molecule has 22 heavy (non-hydrogen) atoms. The van der Waals surface area contributed by atoms with Gasteiger partial charge in [-0.25, -0.2) is 0 Å². The molecule has 0 amide bonds.